The van der Waals surface area contributed by atoms with Gasteiger partial charge in [-0.2, -0.15) is 13.2 Å². The zero-order valence-electron chi connectivity index (χ0n) is 18.3. The van der Waals surface area contributed by atoms with E-state index in [2.05, 4.69) is 0 Å². The Balaban J connectivity index is 3.60. The second-order valence-electron chi connectivity index (χ2n) is 8.24. The third-order valence-electron chi connectivity index (χ3n) is 7.00. The molecule has 1 fully saturated rings. The normalized spacial score (nSPS) is 30.2. The minimum Gasteiger partial charge on any atom is -0.396 e. The molecule has 0 aromatic carbocycles. The van der Waals surface area contributed by atoms with Crippen LogP contribution in [0.4, 0.5) is 17.6 Å². The monoisotopic (exact) mass is 430 g/mol. The lowest BCUT2D eigenvalue weighted by Crippen LogP contribution is -2.78. The first-order valence-corrected chi connectivity index (χ1v) is 12.4. The van der Waals surface area contributed by atoms with Crippen molar-refractivity contribution in [3.63, 3.8) is 0 Å². The fraction of sp³-hybridized carbons (Fsp3) is 1.00. The summed E-state index contributed by atoms with van der Waals surface area (Å²) in [5.74, 6) is 0. The molecule has 0 amide bonds. The minimum absolute atomic E-state index is 0.0894. The van der Waals surface area contributed by atoms with Gasteiger partial charge in [0.2, 0.25) is 5.67 Å². The SMILES string of the molecule is CCCCCCC(F)(C(F)(F)F)C1(C)CCC[Si](OC)(OC)C1(CCC)OC. The van der Waals surface area contributed by atoms with Gasteiger partial charge in [0.15, 0.2) is 0 Å². The predicted octanol–water partition coefficient (Wildman–Crippen LogP) is 6.49. The molecule has 0 spiro atoms. The molecule has 1 saturated heterocycles. The molecule has 0 saturated carbocycles. The van der Waals surface area contributed by atoms with E-state index in [-0.39, 0.29) is 19.3 Å². The summed E-state index contributed by atoms with van der Waals surface area (Å²) >= 11 is 0. The van der Waals surface area contributed by atoms with E-state index in [4.69, 9.17) is 13.6 Å². The first kappa shape index (κ1) is 25.9. The van der Waals surface area contributed by atoms with Gasteiger partial charge in [-0.1, -0.05) is 52.9 Å². The molecule has 0 N–H and O–H groups in total. The highest BCUT2D eigenvalue weighted by Gasteiger charge is 2.79. The maximum Gasteiger partial charge on any atom is 0.423 e. The summed E-state index contributed by atoms with van der Waals surface area (Å²) in [6.07, 6.45) is -1.77. The van der Waals surface area contributed by atoms with E-state index >= 15 is 4.39 Å². The van der Waals surface area contributed by atoms with Gasteiger partial charge in [-0.3, -0.25) is 0 Å². The summed E-state index contributed by atoms with van der Waals surface area (Å²) < 4.78 is 76.8. The molecule has 1 aliphatic heterocycles. The number of unbranched alkanes of at least 4 members (excludes halogenated alkanes) is 3. The van der Waals surface area contributed by atoms with Crippen LogP contribution in [0.15, 0.2) is 0 Å². The van der Waals surface area contributed by atoms with Crippen LogP contribution in [0.5, 0.6) is 0 Å². The number of rotatable bonds is 11. The largest absolute Gasteiger partial charge is 0.423 e. The van der Waals surface area contributed by atoms with Crippen molar-refractivity contribution in [1.82, 2.24) is 0 Å². The molecule has 1 heterocycles. The number of alkyl halides is 4. The summed E-state index contributed by atoms with van der Waals surface area (Å²) in [7, 11) is 1.03. The average molecular weight is 431 g/mol. The van der Waals surface area contributed by atoms with Crippen LogP contribution < -0.4 is 0 Å². The lowest BCUT2D eigenvalue weighted by molar-refractivity contribution is -0.303. The topological polar surface area (TPSA) is 27.7 Å². The Bertz CT molecular complexity index is 487. The maximum atomic E-state index is 16.3. The van der Waals surface area contributed by atoms with Crippen LogP contribution in [0.1, 0.15) is 78.6 Å². The third-order valence-corrected chi connectivity index (χ3v) is 11.6. The van der Waals surface area contributed by atoms with E-state index in [0.29, 0.717) is 25.3 Å². The van der Waals surface area contributed by atoms with Gasteiger partial charge in [0.1, 0.15) is 5.22 Å². The van der Waals surface area contributed by atoms with Crippen LogP contribution in [0, 0.1) is 5.41 Å². The average Bonchev–Trinajstić information content (AvgIpc) is 2.65. The smallest absolute Gasteiger partial charge is 0.396 e. The van der Waals surface area contributed by atoms with Crippen molar-refractivity contribution < 1.29 is 31.2 Å². The summed E-state index contributed by atoms with van der Waals surface area (Å²) in [5, 5.41) is -1.43. The molecule has 0 aromatic heterocycles. The van der Waals surface area contributed by atoms with Crippen molar-refractivity contribution in [3.8, 4) is 0 Å². The van der Waals surface area contributed by atoms with Crippen LogP contribution in [0.25, 0.3) is 0 Å². The van der Waals surface area contributed by atoms with Crippen molar-refractivity contribution in [2.45, 2.75) is 102 Å². The van der Waals surface area contributed by atoms with Crippen molar-refractivity contribution in [1.29, 1.82) is 0 Å². The molecule has 3 nitrogen and oxygen atoms in total. The van der Waals surface area contributed by atoms with Gasteiger partial charge in [-0.25, -0.2) is 4.39 Å². The fourth-order valence-electron chi connectivity index (χ4n) is 5.46. The summed E-state index contributed by atoms with van der Waals surface area (Å²) in [6, 6.07) is 0.493. The fourth-order valence-corrected chi connectivity index (χ4v) is 9.85. The highest BCUT2D eigenvalue weighted by atomic mass is 28.4. The van der Waals surface area contributed by atoms with Gasteiger partial charge in [0.25, 0.3) is 0 Å². The van der Waals surface area contributed by atoms with Crippen LogP contribution in [0.2, 0.25) is 6.04 Å². The molecule has 0 aliphatic carbocycles. The molecule has 0 radical (unpaired) electrons. The highest BCUT2D eigenvalue weighted by Crippen LogP contribution is 2.64. The molecule has 28 heavy (non-hydrogen) atoms. The lowest BCUT2D eigenvalue weighted by atomic mass is 9.63. The van der Waals surface area contributed by atoms with E-state index in [1.54, 1.807) is 0 Å². The van der Waals surface area contributed by atoms with Crippen LogP contribution in [-0.2, 0) is 13.6 Å². The Morgan fingerprint density at radius 3 is 1.96 bits per heavy atom. The molecule has 3 atom stereocenters. The second-order valence-corrected chi connectivity index (χ2v) is 11.9. The predicted molar refractivity (Wildman–Crippen MR) is 105 cm³/mol. The number of hydrogen-bond donors (Lipinski definition) is 0. The third kappa shape index (κ3) is 3.90. The Morgan fingerprint density at radius 1 is 0.929 bits per heavy atom. The highest BCUT2D eigenvalue weighted by molar-refractivity contribution is 6.71. The van der Waals surface area contributed by atoms with Gasteiger partial charge in [-0.15, -0.1) is 0 Å². The number of methoxy groups -OCH3 is 1. The van der Waals surface area contributed by atoms with Gasteiger partial charge in [0, 0.05) is 26.7 Å². The van der Waals surface area contributed by atoms with Gasteiger partial charge in [-0.05, 0) is 31.7 Å². The molecule has 0 bridgehead atoms. The zero-order valence-corrected chi connectivity index (χ0v) is 19.3. The first-order chi connectivity index (χ1) is 13.0. The first-order valence-electron chi connectivity index (χ1n) is 10.4. The van der Waals surface area contributed by atoms with Crippen molar-refractivity contribution in [2.75, 3.05) is 21.3 Å². The lowest BCUT2D eigenvalue weighted by Gasteiger charge is -2.62. The van der Waals surface area contributed by atoms with Gasteiger partial charge < -0.3 is 13.6 Å². The zero-order chi connectivity index (χ0) is 21.7. The van der Waals surface area contributed by atoms with E-state index in [9.17, 15) is 13.2 Å². The molecule has 1 rings (SSSR count). The van der Waals surface area contributed by atoms with Gasteiger partial charge >= 0.3 is 14.7 Å². The summed E-state index contributed by atoms with van der Waals surface area (Å²) in [4.78, 5) is 0. The van der Waals surface area contributed by atoms with E-state index in [0.717, 1.165) is 12.8 Å². The van der Waals surface area contributed by atoms with Crippen LogP contribution >= 0.6 is 0 Å². The Kier molecular flexibility index (Phi) is 9.00. The molecule has 3 unspecified atom stereocenters. The molecular weight excluding hydrogens is 392 g/mol. The Hall–Kier alpha value is -0.183. The number of hydrogen-bond acceptors (Lipinski definition) is 3. The number of halogens is 4. The molecule has 8 heteroatoms. The van der Waals surface area contributed by atoms with Crippen LogP contribution in [-0.4, -0.2) is 47.0 Å². The number of ether oxygens (including phenoxy) is 1. The summed E-state index contributed by atoms with van der Waals surface area (Å²) in [5.41, 5.74) is -5.15. The second kappa shape index (κ2) is 9.75. The van der Waals surface area contributed by atoms with Crippen molar-refractivity contribution >= 4 is 8.56 Å². The Labute approximate surface area is 168 Å². The molecule has 0 aromatic rings. The van der Waals surface area contributed by atoms with E-state index in [1.807, 2.05) is 13.8 Å². The minimum atomic E-state index is -5.00. The van der Waals surface area contributed by atoms with Crippen molar-refractivity contribution in [3.05, 3.63) is 0 Å². The standard InChI is InChI=1S/C20H38F4O3Si/c1-7-9-10-11-15-18(21,20(22,23)24)17(3)14-12-16-28(26-5,27-6)19(17,25-4)13-8-2/h7-16H2,1-6H3. The van der Waals surface area contributed by atoms with Gasteiger partial charge in [0.05, 0.1) is 0 Å². The molecule has 168 valence electrons. The molecule has 1 aliphatic rings. The molecular formula is C20H38F4O3Si. The van der Waals surface area contributed by atoms with Crippen molar-refractivity contribution in [2.24, 2.45) is 5.41 Å². The van der Waals surface area contributed by atoms with E-state index < -0.39 is 37.5 Å². The van der Waals surface area contributed by atoms with Crippen LogP contribution in [0.3, 0.4) is 0 Å². The summed E-state index contributed by atoms with van der Waals surface area (Å²) in [6.45, 7) is 5.26. The maximum absolute atomic E-state index is 16.3. The van der Waals surface area contributed by atoms with E-state index in [1.165, 1.54) is 28.3 Å². The Morgan fingerprint density at radius 2 is 1.54 bits per heavy atom. The quantitative estimate of drug-likeness (QED) is 0.213.